The number of anilines is 1. The second-order valence-corrected chi connectivity index (χ2v) is 6.42. The Hall–Kier alpha value is -1.56. The van der Waals surface area contributed by atoms with E-state index in [4.69, 9.17) is 0 Å². The molecule has 0 aliphatic rings. The molecule has 1 aromatic rings. The first-order valence-electron chi connectivity index (χ1n) is 5.56. The van der Waals surface area contributed by atoms with Gasteiger partial charge in [-0.15, -0.1) is 0 Å². The molecule has 0 aliphatic heterocycles. The Balaban J connectivity index is 2.90. The minimum absolute atomic E-state index is 0.0656. The van der Waals surface area contributed by atoms with Crippen LogP contribution in [0, 0.1) is 0 Å². The van der Waals surface area contributed by atoms with Gasteiger partial charge in [-0.3, -0.25) is 9.10 Å². The maximum Gasteiger partial charge on any atom is 0.251 e. The standard InChI is InChI=1S/C12H18N2O3S/c1-9(2)13-12(15)10-5-7-11(8-6-10)14(3)18(4,16)17/h5-9H,1-4H3,(H,13,15). The highest BCUT2D eigenvalue weighted by atomic mass is 32.2. The molecule has 0 aliphatic carbocycles. The van der Waals surface area contributed by atoms with Crippen LogP contribution in [-0.2, 0) is 10.0 Å². The Morgan fingerprint density at radius 2 is 1.72 bits per heavy atom. The maximum absolute atomic E-state index is 11.7. The van der Waals surface area contributed by atoms with E-state index in [-0.39, 0.29) is 11.9 Å². The number of amides is 1. The molecule has 5 nitrogen and oxygen atoms in total. The van der Waals surface area contributed by atoms with Gasteiger partial charge in [0.1, 0.15) is 0 Å². The van der Waals surface area contributed by atoms with Crippen molar-refractivity contribution >= 4 is 21.6 Å². The summed E-state index contributed by atoms with van der Waals surface area (Å²) in [6.45, 7) is 3.76. The first-order chi connectivity index (χ1) is 8.21. The van der Waals surface area contributed by atoms with E-state index in [1.54, 1.807) is 24.3 Å². The first kappa shape index (κ1) is 14.5. The van der Waals surface area contributed by atoms with Gasteiger partial charge >= 0.3 is 0 Å². The van der Waals surface area contributed by atoms with Gasteiger partial charge in [0.05, 0.1) is 11.9 Å². The summed E-state index contributed by atoms with van der Waals surface area (Å²) in [5.74, 6) is -0.168. The predicted molar refractivity (Wildman–Crippen MR) is 72.3 cm³/mol. The normalized spacial score (nSPS) is 11.4. The summed E-state index contributed by atoms with van der Waals surface area (Å²) in [5.41, 5.74) is 1.04. The molecule has 6 heteroatoms. The van der Waals surface area contributed by atoms with Crippen LogP contribution in [0.4, 0.5) is 5.69 Å². The molecule has 0 radical (unpaired) electrons. The van der Waals surface area contributed by atoms with Crippen molar-refractivity contribution in [3.8, 4) is 0 Å². The molecule has 0 atom stereocenters. The Kier molecular flexibility index (Phi) is 4.34. The lowest BCUT2D eigenvalue weighted by molar-refractivity contribution is 0.0943. The summed E-state index contributed by atoms with van der Waals surface area (Å²) >= 11 is 0. The molecular formula is C12H18N2O3S. The van der Waals surface area contributed by atoms with Gasteiger partial charge in [0, 0.05) is 18.7 Å². The third-order valence-electron chi connectivity index (χ3n) is 2.41. The van der Waals surface area contributed by atoms with Crippen molar-refractivity contribution < 1.29 is 13.2 Å². The highest BCUT2D eigenvalue weighted by Crippen LogP contribution is 2.16. The van der Waals surface area contributed by atoms with Crippen LogP contribution in [0.1, 0.15) is 24.2 Å². The average Bonchev–Trinajstić information content (AvgIpc) is 2.26. The summed E-state index contributed by atoms with van der Waals surface area (Å²) in [4.78, 5) is 11.7. The van der Waals surface area contributed by atoms with E-state index in [0.29, 0.717) is 11.3 Å². The van der Waals surface area contributed by atoms with E-state index in [0.717, 1.165) is 10.6 Å². The largest absolute Gasteiger partial charge is 0.350 e. The molecular weight excluding hydrogens is 252 g/mol. The third-order valence-corrected chi connectivity index (χ3v) is 3.62. The average molecular weight is 270 g/mol. The monoisotopic (exact) mass is 270 g/mol. The van der Waals surface area contributed by atoms with Crippen molar-refractivity contribution in [3.63, 3.8) is 0 Å². The molecule has 0 spiro atoms. The highest BCUT2D eigenvalue weighted by molar-refractivity contribution is 7.92. The molecule has 0 saturated carbocycles. The molecule has 1 rings (SSSR count). The zero-order valence-corrected chi connectivity index (χ0v) is 11.8. The van der Waals surface area contributed by atoms with E-state index >= 15 is 0 Å². The Morgan fingerprint density at radius 3 is 2.11 bits per heavy atom. The molecule has 1 N–H and O–H groups in total. The third kappa shape index (κ3) is 3.73. The topological polar surface area (TPSA) is 66.5 Å². The summed E-state index contributed by atoms with van der Waals surface area (Å²) in [5, 5.41) is 2.77. The highest BCUT2D eigenvalue weighted by Gasteiger charge is 2.13. The number of nitrogens with one attached hydrogen (secondary N) is 1. The van der Waals surface area contributed by atoms with Crippen molar-refractivity contribution in [2.45, 2.75) is 19.9 Å². The zero-order chi connectivity index (χ0) is 13.9. The van der Waals surface area contributed by atoms with Gasteiger partial charge in [-0.05, 0) is 38.1 Å². The second-order valence-electron chi connectivity index (χ2n) is 4.41. The zero-order valence-electron chi connectivity index (χ0n) is 11.0. The van der Waals surface area contributed by atoms with Crippen molar-refractivity contribution in [1.82, 2.24) is 5.32 Å². The number of benzene rings is 1. The molecule has 0 fully saturated rings. The van der Waals surface area contributed by atoms with E-state index in [2.05, 4.69) is 5.32 Å². The van der Waals surface area contributed by atoms with Gasteiger partial charge in [0.15, 0.2) is 0 Å². The lowest BCUT2D eigenvalue weighted by Gasteiger charge is -2.16. The number of hydrogen-bond acceptors (Lipinski definition) is 3. The molecule has 0 bridgehead atoms. The van der Waals surface area contributed by atoms with Crippen LogP contribution in [0.2, 0.25) is 0 Å². The van der Waals surface area contributed by atoms with Gasteiger partial charge in [-0.2, -0.15) is 0 Å². The Morgan fingerprint density at radius 1 is 1.22 bits per heavy atom. The lowest BCUT2D eigenvalue weighted by Crippen LogP contribution is -2.30. The van der Waals surface area contributed by atoms with Gasteiger partial charge in [-0.25, -0.2) is 8.42 Å². The van der Waals surface area contributed by atoms with E-state index < -0.39 is 10.0 Å². The van der Waals surface area contributed by atoms with Crippen molar-refractivity contribution in [2.24, 2.45) is 0 Å². The van der Waals surface area contributed by atoms with Crippen LogP contribution >= 0.6 is 0 Å². The Labute approximate surface area is 108 Å². The summed E-state index contributed by atoms with van der Waals surface area (Å²) < 4.78 is 23.8. The molecule has 1 amide bonds. The molecule has 0 aromatic heterocycles. The van der Waals surface area contributed by atoms with E-state index in [1.807, 2.05) is 13.8 Å². The van der Waals surface area contributed by atoms with Crippen molar-refractivity contribution in [2.75, 3.05) is 17.6 Å². The first-order valence-corrected chi connectivity index (χ1v) is 7.41. The quantitative estimate of drug-likeness (QED) is 0.894. The molecule has 0 saturated heterocycles. The van der Waals surface area contributed by atoms with Crippen molar-refractivity contribution in [3.05, 3.63) is 29.8 Å². The van der Waals surface area contributed by atoms with Crippen LogP contribution in [-0.4, -0.2) is 33.7 Å². The summed E-state index contributed by atoms with van der Waals surface area (Å²) in [6.07, 6.45) is 1.13. The fourth-order valence-electron chi connectivity index (χ4n) is 1.36. The van der Waals surface area contributed by atoms with Gasteiger partial charge in [-0.1, -0.05) is 0 Å². The minimum atomic E-state index is -3.28. The summed E-state index contributed by atoms with van der Waals surface area (Å²) in [7, 11) is -1.80. The predicted octanol–water partition coefficient (Wildman–Crippen LogP) is 1.22. The molecule has 0 unspecified atom stereocenters. The van der Waals surface area contributed by atoms with Crippen LogP contribution in [0.5, 0.6) is 0 Å². The molecule has 1 aromatic carbocycles. The van der Waals surface area contributed by atoms with Gasteiger partial charge in [0.2, 0.25) is 10.0 Å². The number of hydrogen-bond donors (Lipinski definition) is 1. The van der Waals surface area contributed by atoms with Gasteiger partial charge in [0.25, 0.3) is 5.91 Å². The van der Waals surface area contributed by atoms with Crippen LogP contribution in [0.3, 0.4) is 0 Å². The number of carbonyl (C=O) groups is 1. The van der Waals surface area contributed by atoms with Crippen molar-refractivity contribution in [1.29, 1.82) is 0 Å². The number of carbonyl (C=O) groups excluding carboxylic acids is 1. The summed E-state index contributed by atoms with van der Waals surface area (Å²) in [6, 6.07) is 6.49. The van der Waals surface area contributed by atoms with Crippen LogP contribution < -0.4 is 9.62 Å². The molecule has 18 heavy (non-hydrogen) atoms. The lowest BCUT2D eigenvalue weighted by atomic mass is 10.2. The Bertz CT molecular complexity index is 521. The minimum Gasteiger partial charge on any atom is -0.350 e. The van der Waals surface area contributed by atoms with Crippen LogP contribution in [0.25, 0.3) is 0 Å². The number of rotatable bonds is 4. The van der Waals surface area contributed by atoms with Crippen LogP contribution in [0.15, 0.2) is 24.3 Å². The second kappa shape index (κ2) is 5.39. The number of nitrogens with zero attached hydrogens (tertiary/aromatic N) is 1. The fourth-order valence-corrected chi connectivity index (χ4v) is 1.86. The maximum atomic E-state index is 11.7. The fraction of sp³-hybridized carbons (Fsp3) is 0.417. The number of sulfonamides is 1. The van der Waals surface area contributed by atoms with Gasteiger partial charge < -0.3 is 5.32 Å². The SMILES string of the molecule is CC(C)NC(=O)c1ccc(N(C)S(C)(=O)=O)cc1. The smallest absolute Gasteiger partial charge is 0.251 e. The van der Waals surface area contributed by atoms with E-state index in [1.165, 1.54) is 7.05 Å². The molecule has 100 valence electrons. The molecule has 0 heterocycles. The van der Waals surface area contributed by atoms with E-state index in [9.17, 15) is 13.2 Å².